The van der Waals surface area contributed by atoms with Crippen LogP contribution < -0.4 is 4.90 Å². The topological polar surface area (TPSA) is 3.24 Å². The van der Waals surface area contributed by atoms with E-state index in [1.165, 1.54) is 22.4 Å². The molecule has 0 aliphatic heterocycles. The summed E-state index contributed by atoms with van der Waals surface area (Å²) in [6.45, 7) is 6.46. The average Bonchev–Trinajstić information content (AvgIpc) is 1.82. The zero-order valence-electron chi connectivity index (χ0n) is 9.01. The van der Waals surface area contributed by atoms with Crippen LogP contribution in [0.25, 0.3) is 0 Å². The van der Waals surface area contributed by atoms with Gasteiger partial charge in [-0.05, 0) is 31.9 Å². The molecule has 13 heavy (non-hydrogen) atoms. The Morgan fingerprint density at radius 2 is 1.31 bits per heavy atom. The molecule has 0 radical (unpaired) electrons. The van der Waals surface area contributed by atoms with Gasteiger partial charge in [0.25, 0.3) is 0 Å². The second-order valence-electron chi connectivity index (χ2n) is 3.64. The van der Waals surface area contributed by atoms with Crippen molar-refractivity contribution in [3.8, 4) is 0 Å². The quantitative estimate of drug-likeness (QED) is 0.672. The SMILES string of the molecule is Cc1cc(C)c(N(C)C)c(C)c1.Cl. The molecule has 0 unspecified atom stereocenters. The number of nitrogens with zero attached hydrogens (tertiary/aromatic N) is 1. The molecule has 1 rings (SSSR count). The van der Waals surface area contributed by atoms with Crippen molar-refractivity contribution in [2.45, 2.75) is 20.8 Å². The van der Waals surface area contributed by atoms with E-state index in [1.807, 2.05) is 0 Å². The molecule has 0 spiro atoms. The number of halogens is 1. The molecule has 1 aromatic carbocycles. The highest BCUT2D eigenvalue weighted by Crippen LogP contribution is 2.23. The standard InChI is InChI=1S/C11H17N.ClH/c1-8-6-9(2)11(12(4)5)10(3)7-8;/h6-7H,1-5H3;1H. The summed E-state index contributed by atoms with van der Waals surface area (Å²) < 4.78 is 0. The Morgan fingerprint density at radius 1 is 0.923 bits per heavy atom. The Kier molecular flexibility index (Phi) is 4.28. The van der Waals surface area contributed by atoms with E-state index in [9.17, 15) is 0 Å². The van der Waals surface area contributed by atoms with E-state index in [1.54, 1.807) is 0 Å². The Labute approximate surface area is 87.2 Å². The molecular formula is C11H18ClN. The molecule has 0 atom stereocenters. The van der Waals surface area contributed by atoms with E-state index in [-0.39, 0.29) is 12.4 Å². The van der Waals surface area contributed by atoms with Crippen molar-refractivity contribution < 1.29 is 0 Å². The Bertz CT molecular complexity index is 269. The van der Waals surface area contributed by atoms with Gasteiger partial charge in [-0.25, -0.2) is 0 Å². The Morgan fingerprint density at radius 3 is 1.62 bits per heavy atom. The highest BCUT2D eigenvalue weighted by atomic mass is 35.5. The maximum Gasteiger partial charge on any atom is 0.0420 e. The van der Waals surface area contributed by atoms with Crippen LogP contribution in [0.2, 0.25) is 0 Å². The van der Waals surface area contributed by atoms with Crippen molar-refractivity contribution >= 4 is 18.1 Å². The minimum atomic E-state index is 0. The van der Waals surface area contributed by atoms with E-state index in [0.29, 0.717) is 0 Å². The van der Waals surface area contributed by atoms with Gasteiger partial charge in [-0.1, -0.05) is 17.7 Å². The molecule has 0 aliphatic rings. The maximum absolute atomic E-state index is 2.22. The normalized spacial score (nSPS) is 9.31. The molecule has 2 heteroatoms. The molecule has 0 N–H and O–H groups in total. The monoisotopic (exact) mass is 199 g/mol. The number of aryl methyl sites for hydroxylation is 3. The molecule has 0 aliphatic carbocycles. The summed E-state index contributed by atoms with van der Waals surface area (Å²) >= 11 is 0. The molecule has 1 aromatic rings. The highest BCUT2D eigenvalue weighted by Gasteiger charge is 2.04. The minimum absolute atomic E-state index is 0. The molecule has 0 saturated carbocycles. The third-order valence-electron chi connectivity index (χ3n) is 2.08. The zero-order chi connectivity index (χ0) is 9.30. The van der Waals surface area contributed by atoms with E-state index in [4.69, 9.17) is 0 Å². The summed E-state index contributed by atoms with van der Waals surface area (Å²) in [6, 6.07) is 4.45. The van der Waals surface area contributed by atoms with E-state index < -0.39 is 0 Å². The maximum atomic E-state index is 2.22. The lowest BCUT2D eigenvalue weighted by molar-refractivity contribution is 1.09. The van der Waals surface area contributed by atoms with Gasteiger partial charge in [0.1, 0.15) is 0 Å². The van der Waals surface area contributed by atoms with Crippen molar-refractivity contribution in [3.63, 3.8) is 0 Å². The third-order valence-corrected chi connectivity index (χ3v) is 2.08. The molecule has 0 bridgehead atoms. The fourth-order valence-electron chi connectivity index (χ4n) is 1.88. The van der Waals surface area contributed by atoms with E-state index in [2.05, 4.69) is 51.9 Å². The van der Waals surface area contributed by atoms with Crippen molar-refractivity contribution in [1.82, 2.24) is 0 Å². The predicted octanol–water partition coefficient (Wildman–Crippen LogP) is 3.10. The van der Waals surface area contributed by atoms with Crippen LogP contribution in [0.4, 0.5) is 5.69 Å². The third kappa shape index (κ3) is 2.63. The van der Waals surface area contributed by atoms with Crippen molar-refractivity contribution in [2.75, 3.05) is 19.0 Å². The van der Waals surface area contributed by atoms with Crippen LogP contribution in [-0.2, 0) is 0 Å². The van der Waals surface area contributed by atoms with Gasteiger partial charge in [0.05, 0.1) is 0 Å². The van der Waals surface area contributed by atoms with Crippen molar-refractivity contribution in [2.24, 2.45) is 0 Å². The second-order valence-corrected chi connectivity index (χ2v) is 3.64. The smallest absolute Gasteiger partial charge is 0.0420 e. The fraction of sp³-hybridized carbons (Fsp3) is 0.455. The van der Waals surface area contributed by atoms with E-state index in [0.717, 1.165) is 0 Å². The Hall–Kier alpha value is -0.690. The van der Waals surface area contributed by atoms with Gasteiger partial charge in [-0.3, -0.25) is 0 Å². The van der Waals surface area contributed by atoms with Crippen LogP contribution in [0.15, 0.2) is 12.1 Å². The summed E-state index contributed by atoms with van der Waals surface area (Å²) in [5.74, 6) is 0. The van der Waals surface area contributed by atoms with Gasteiger partial charge in [-0.15, -0.1) is 12.4 Å². The molecular weight excluding hydrogens is 182 g/mol. The minimum Gasteiger partial charge on any atom is -0.377 e. The average molecular weight is 200 g/mol. The summed E-state index contributed by atoms with van der Waals surface area (Å²) in [6.07, 6.45) is 0. The number of hydrogen-bond acceptors (Lipinski definition) is 1. The van der Waals surface area contributed by atoms with Gasteiger partial charge in [0.2, 0.25) is 0 Å². The first-order chi connectivity index (χ1) is 5.52. The summed E-state index contributed by atoms with van der Waals surface area (Å²) in [4.78, 5) is 2.17. The summed E-state index contributed by atoms with van der Waals surface area (Å²) in [5.41, 5.74) is 5.41. The number of hydrogen-bond donors (Lipinski definition) is 0. The summed E-state index contributed by atoms with van der Waals surface area (Å²) in [5, 5.41) is 0. The van der Waals surface area contributed by atoms with Gasteiger partial charge in [0, 0.05) is 19.8 Å². The second kappa shape index (κ2) is 4.52. The van der Waals surface area contributed by atoms with Crippen LogP contribution in [0.3, 0.4) is 0 Å². The van der Waals surface area contributed by atoms with Crippen LogP contribution in [0, 0.1) is 20.8 Å². The van der Waals surface area contributed by atoms with Crippen LogP contribution in [0.5, 0.6) is 0 Å². The van der Waals surface area contributed by atoms with Crippen molar-refractivity contribution in [3.05, 3.63) is 28.8 Å². The largest absolute Gasteiger partial charge is 0.377 e. The molecule has 0 heterocycles. The van der Waals surface area contributed by atoms with Gasteiger partial charge >= 0.3 is 0 Å². The van der Waals surface area contributed by atoms with Crippen LogP contribution in [0.1, 0.15) is 16.7 Å². The van der Waals surface area contributed by atoms with Crippen LogP contribution >= 0.6 is 12.4 Å². The summed E-state index contributed by atoms with van der Waals surface area (Å²) in [7, 11) is 4.18. The number of anilines is 1. The first kappa shape index (κ1) is 12.3. The number of rotatable bonds is 1. The molecule has 74 valence electrons. The predicted molar refractivity (Wildman–Crippen MR) is 62.2 cm³/mol. The first-order valence-corrected chi connectivity index (χ1v) is 4.27. The lowest BCUT2D eigenvalue weighted by Crippen LogP contribution is -2.12. The lowest BCUT2D eigenvalue weighted by atomic mass is 10.0. The van der Waals surface area contributed by atoms with Gasteiger partial charge in [0.15, 0.2) is 0 Å². The molecule has 0 aromatic heterocycles. The van der Waals surface area contributed by atoms with Gasteiger partial charge < -0.3 is 4.90 Å². The molecule has 0 saturated heterocycles. The lowest BCUT2D eigenvalue weighted by Gasteiger charge is -2.19. The Balaban J connectivity index is 0.00000144. The molecule has 0 fully saturated rings. The first-order valence-electron chi connectivity index (χ1n) is 4.27. The number of benzene rings is 1. The van der Waals surface area contributed by atoms with Gasteiger partial charge in [-0.2, -0.15) is 0 Å². The molecule has 0 amide bonds. The molecule has 1 nitrogen and oxygen atoms in total. The van der Waals surface area contributed by atoms with E-state index >= 15 is 0 Å². The highest BCUT2D eigenvalue weighted by molar-refractivity contribution is 5.85. The van der Waals surface area contributed by atoms with Crippen LogP contribution in [-0.4, -0.2) is 14.1 Å². The van der Waals surface area contributed by atoms with Crippen molar-refractivity contribution in [1.29, 1.82) is 0 Å². The zero-order valence-corrected chi connectivity index (χ0v) is 9.83. The fourth-order valence-corrected chi connectivity index (χ4v) is 1.88.